The Labute approximate surface area is 78.4 Å². The molecule has 0 radical (unpaired) electrons. The molecule has 1 aliphatic carbocycles. The molecule has 0 bridgehead atoms. The number of hydrogen-bond donors (Lipinski definition) is 1. The second-order valence-corrected chi connectivity index (χ2v) is 3.45. The molecule has 14 heavy (non-hydrogen) atoms. The van der Waals surface area contributed by atoms with Gasteiger partial charge in [0.15, 0.2) is 0 Å². The second kappa shape index (κ2) is 2.70. The number of aromatic nitrogens is 1. The van der Waals surface area contributed by atoms with Crippen molar-refractivity contribution in [1.29, 1.82) is 0 Å². The summed E-state index contributed by atoms with van der Waals surface area (Å²) in [6, 6.07) is 0.894. The Morgan fingerprint density at radius 2 is 2.00 bits per heavy atom. The molecular formula is C9H8F3NO. The van der Waals surface area contributed by atoms with E-state index < -0.39 is 17.3 Å². The lowest BCUT2D eigenvalue weighted by molar-refractivity contribution is -0.139. The molecule has 1 heterocycles. The highest BCUT2D eigenvalue weighted by Gasteiger charge is 2.48. The van der Waals surface area contributed by atoms with Crippen molar-refractivity contribution >= 4 is 0 Å². The third-order valence-electron chi connectivity index (χ3n) is 2.35. The van der Waals surface area contributed by atoms with Gasteiger partial charge in [-0.25, -0.2) is 0 Å². The largest absolute Gasteiger partial charge is 0.416 e. The summed E-state index contributed by atoms with van der Waals surface area (Å²) in [5.74, 6) is 0. The minimum atomic E-state index is -4.42. The van der Waals surface area contributed by atoms with Crippen molar-refractivity contribution in [3.63, 3.8) is 0 Å². The zero-order valence-corrected chi connectivity index (χ0v) is 7.17. The van der Waals surface area contributed by atoms with Crippen molar-refractivity contribution in [1.82, 2.24) is 4.98 Å². The van der Waals surface area contributed by atoms with Gasteiger partial charge in [-0.1, -0.05) is 0 Å². The molecule has 5 heteroatoms. The topological polar surface area (TPSA) is 33.1 Å². The van der Waals surface area contributed by atoms with E-state index in [2.05, 4.69) is 4.98 Å². The Kier molecular flexibility index (Phi) is 1.82. The summed E-state index contributed by atoms with van der Waals surface area (Å²) in [5.41, 5.74) is -2.18. The molecule has 1 fully saturated rings. The Morgan fingerprint density at radius 1 is 1.36 bits per heavy atom. The summed E-state index contributed by atoms with van der Waals surface area (Å²) in [6.45, 7) is 0. The highest BCUT2D eigenvalue weighted by Crippen LogP contribution is 2.49. The molecule has 76 valence electrons. The zero-order chi connectivity index (χ0) is 10.4. The Morgan fingerprint density at radius 3 is 2.50 bits per heavy atom. The lowest BCUT2D eigenvalue weighted by Crippen LogP contribution is -2.16. The van der Waals surface area contributed by atoms with Crippen molar-refractivity contribution in [3.05, 3.63) is 29.6 Å². The van der Waals surface area contributed by atoms with Crippen LogP contribution in [-0.2, 0) is 11.8 Å². The van der Waals surface area contributed by atoms with Crippen LogP contribution in [0.1, 0.15) is 24.0 Å². The average Bonchev–Trinajstić information content (AvgIpc) is 2.84. The molecule has 1 N–H and O–H groups in total. The molecule has 0 aliphatic heterocycles. The SMILES string of the molecule is OC1(c2cnccc2C(F)(F)F)CC1. The minimum absolute atomic E-state index is 0.104. The van der Waals surface area contributed by atoms with Gasteiger partial charge in [-0.05, 0) is 18.9 Å². The number of aliphatic hydroxyl groups is 1. The Hall–Kier alpha value is -1.10. The van der Waals surface area contributed by atoms with Gasteiger partial charge < -0.3 is 5.11 Å². The fourth-order valence-corrected chi connectivity index (χ4v) is 1.40. The van der Waals surface area contributed by atoms with E-state index in [9.17, 15) is 18.3 Å². The molecule has 0 amide bonds. The third-order valence-corrected chi connectivity index (χ3v) is 2.35. The first-order valence-electron chi connectivity index (χ1n) is 4.17. The van der Waals surface area contributed by atoms with Crippen molar-refractivity contribution in [2.75, 3.05) is 0 Å². The van der Waals surface area contributed by atoms with Crippen LogP contribution in [0.2, 0.25) is 0 Å². The van der Waals surface area contributed by atoms with Gasteiger partial charge >= 0.3 is 6.18 Å². The maximum Gasteiger partial charge on any atom is 0.416 e. The summed E-state index contributed by atoms with van der Waals surface area (Å²) in [5, 5.41) is 9.60. The maximum absolute atomic E-state index is 12.5. The first-order valence-corrected chi connectivity index (χ1v) is 4.17. The average molecular weight is 203 g/mol. The van der Waals surface area contributed by atoms with E-state index in [1.165, 1.54) is 0 Å². The molecule has 1 aromatic heterocycles. The molecule has 0 spiro atoms. The van der Waals surface area contributed by atoms with Crippen molar-refractivity contribution in [2.24, 2.45) is 0 Å². The first kappa shape index (κ1) is 9.45. The molecule has 2 nitrogen and oxygen atoms in total. The van der Waals surface area contributed by atoms with E-state index in [-0.39, 0.29) is 5.56 Å². The standard InChI is InChI=1S/C9H8F3NO/c10-9(11,12)6-1-4-13-5-7(6)8(14)2-3-8/h1,4-5,14H,2-3H2. The highest BCUT2D eigenvalue weighted by molar-refractivity contribution is 5.35. The van der Waals surface area contributed by atoms with Crippen LogP contribution in [-0.4, -0.2) is 10.1 Å². The minimum Gasteiger partial charge on any atom is -0.385 e. The van der Waals surface area contributed by atoms with Gasteiger partial charge in [0, 0.05) is 18.0 Å². The van der Waals surface area contributed by atoms with Crippen LogP contribution in [0.15, 0.2) is 18.5 Å². The van der Waals surface area contributed by atoms with Crippen LogP contribution in [0.3, 0.4) is 0 Å². The first-order chi connectivity index (χ1) is 6.43. The number of pyridine rings is 1. The third kappa shape index (κ3) is 1.48. The molecule has 1 aliphatic rings. The predicted octanol–water partition coefficient (Wildman–Crippen LogP) is 2.08. The summed E-state index contributed by atoms with van der Waals surface area (Å²) in [4.78, 5) is 3.61. The maximum atomic E-state index is 12.5. The van der Waals surface area contributed by atoms with Crippen molar-refractivity contribution < 1.29 is 18.3 Å². The normalized spacial score (nSPS) is 19.4. The van der Waals surface area contributed by atoms with Crippen LogP contribution in [0.4, 0.5) is 13.2 Å². The lowest BCUT2D eigenvalue weighted by atomic mass is 10.0. The van der Waals surface area contributed by atoms with Crippen LogP contribution >= 0.6 is 0 Å². The molecule has 1 aromatic rings. The smallest absolute Gasteiger partial charge is 0.385 e. The Balaban J connectivity index is 2.50. The Bertz CT molecular complexity index is 333. The van der Waals surface area contributed by atoms with E-state index in [1.807, 2.05) is 0 Å². The van der Waals surface area contributed by atoms with Gasteiger partial charge in [-0.3, -0.25) is 4.98 Å². The van der Waals surface area contributed by atoms with E-state index in [0.29, 0.717) is 12.8 Å². The monoisotopic (exact) mass is 203 g/mol. The van der Waals surface area contributed by atoms with Gasteiger partial charge in [0.2, 0.25) is 0 Å². The van der Waals surface area contributed by atoms with Gasteiger partial charge in [0.25, 0.3) is 0 Å². The van der Waals surface area contributed by atoms with Gasteiger partial charge in [-0.15, -0.1) is 0 Å². The quantitative estimate of drug-likeness (QED) is 0.758. The molecule has 0 aromatic carbocycles. The number of alkyl halides is 3. The van der Waals surface area contributed by atoms with E-state index in [4.69, 9.17) is 0 Å². The number of nitrogens with zero attached hydrogens (tertiary/aromatic N) is 1. The summed E-state index contributed by atoms with van der Waals surface area (Å²) in [6.07, 6.45) is -1.49. The molecule has 1 saturated carbocycles. The van der Waals surface area contributed by atoms with Crippen LogP contribution in [0.25, 0.3) is 0 Å². The number of halogens is 3. The van der Waals surface area contributed by atoms with Crippen LogP contribution < -0.4 is 0 Å². The molecule has 0 saturated heterocycles. The number of hydrogen-bond acceptors (Lipinski definition) is 2. The van der Waals surface area contributed by atoms with Gasteiger partial charge in [0.05, 0.1) is 11.2 Å². The molecular weight excluding hydrogens is 195 g/mol. The lowest BCUT2D eigenvalue weighted by Gasteiger charge is -2.15. The summed E-state index contributed by atoms with van der Waals surface area (Å²) in [7, 11) is 0. The fourth-order valence-electron chi connectivity index (χ4n) is 1.40. The van der Waals surface area contributed by atoms with E-state index in [0.717, 1.165) is 18.5 Å². The predicted molar refractivity (Wildman–Crippen MR) is 42.4 cm³/mol. The molecule has 2 rings (SSSR count). The van der Waals surface area contributed by atoms with Gasteiger partial charge in [-0.2, -0.15) is 13.2 Å². The van der Waals surface area contributed by atoms with Gasteiger partial charge in [0.1, 0.15) is 0 Å². The van der Waals surface area contributed by atoms with Crippen LogP contribution in [0, 0.1) is 0 Å². The summed E-state index contributed by atoms with van der Waals surface area (Å²) >= 11 is 0. The van der Waals surface area contributed by atoms with Crippen molar-refractivity contribution in [3.8, 4) is 0 Å². The van der Waals surface area contributed by atoms with Crippen molar-refractivity contribution in [2.45, 2.75) is 24.6 Å². The van der Waals surface area contributed by atoms with Crippen LogP contribution in [0.5, 0.6) is 0 Å². The fraction of sp³-hybridized carbons (Fsp3) is 0.444. The van der Waals surface area contributed by atoms with E-state index in [1.54, 1.807) is 0 Å². The second-order valence-electron chi connectivity index (χ2n) is 3.45. The molecule has 0 unspecified atom stereocenters. The highest BCUT2D eigenvalue weighted by atomic mass is 19.4. The number of rotatable bonds is 1. The molecule has 0 atom stereocenters. The zero-order valence-electron chi connectivity index (χ0n) is 7.17. The summed E-state index contributed by atoms with van der Waals surface area (Å²) < 4.78 is 37.4. The van der Waals surface area contributed by atoms with E-state index >= 15 is 0 Å².